The lowest BCUT2D eigenvalue weighted by molar-refractivity contribution is 0.336. The van der Waals surface area contributed by atoms with Crippen molar-refractivity contribution in [2.45, 2.75) is 39.7 Å². The van der Waals surface area contributed by atoms with Gasteiger partial charge in [-0.1, -0.05) is 12.1 Å². The standard InChI is InChI=1S/C14H20N4O/c1-8-6-12(7-9(2)16-8)13-17-14(19-18-13)10(3)11(4)15-5/h6-7,10-11,15H,1-5H3. The van der Waals surface area contributed by atoms with E-state index in [1.54, 1.807) is 0 Å². The lowest BCUT2D eigenvalue weighted by Gasteiger charge is -2.14. The molecule has 2 heterocycles. The van der Waals surface area contributed by atoms with E-state index in [9.17, 15) is 0 Å². The molecule has 0 amide bonds. The van der Waals surface area contributed by atoms with Gasteiger partial charge in [-0.25, -0.2) is 0 Å². The summed E-state index contributed by atoms with van der Waals surface area (Å²) in [5.41, 5.74) is 2.86. The molecule has 102 valence electrons. The minimum absolute atomic E-state index is 0.176. The lowest BCUT2D eigenvalue weighted by atomic mass is 10.0. The summed E-state index contributed by atoms with van der Waals surface area (Å²) in [7, 11) is 1.92. The first-order valence-electron chi connectivity index (χ1n) is 6.47. The molecule has 0 aliphatic heterocycles. The van der Waals surface area contributed by atoms with Gasteiger partial charge in [0.05, 0.1) is 5.92 Å². The van der Waals surface area contributed by atoms with E-state index in [0.29, 0.717) is 11.7 Å². The van der Waals surface area contributed by atoms with Crippen molar-refractivity contribution in [2.24, 2.45) is 0 Å². The summed E-state index contributed by atoms with van der Waals surface area (Å²) in [4.78, 5) is 8.83. The van der Waals surface area contributed by atoms with Gasteiger partial charge in [0, 0.05) is 23.0 Å². The van der Waals surface area contributed by atoms with Crippen LogP contribution in [-0.4, -0.2) is 28.2 Å². The first kappa shape index (κ1) is 13.7. The quantitative estimate of drug-likeness (QED) is 0.914. The Morgan fingerprint density at radius 2 is 1.74 bits per heavy atom. The molecule has 0 radical (unpaired) electrons. The summed E-state index contributed by atoms with van der Waals surface area (Å²) in [6.45, 7) is 8.09. The summed E-state index contributed by atoms with van der Waals surface area (Å²) in [5, 5.41) is 7.26. The van der Waals surface area contributed by atoms with Crippen LogP contribution in [0.4, 0.5) is 0 Å². The molecular weight excluding hydrogens is 240 g/mol. The fourth-order valence-electron chi connectivity index (χ4n) is 1.96. The lowest BCUT2D eigenvalue weighted by Crippen LogP contribution is -2.27. The predicted molar refractivity (Wildman–Crippen MR) is 73.9 cm³/mol. The monoisotopic (exact) mass is 260 g/mol. The molecule has 0 saturated carbocycles. The highest BCUT2D eigenvalue weighted by atomic mass is 16.5. The molecule has 0 bridgehead atoms. The zero-order valence-corrected chi connectivity index (χ0v) is 12.1. The number of likely N-dealkylation sites (N-methyl/N-ethyl adjacent to an activating group) is 1. The molecule has 1 N–H and O–H groups in total. The molecule has 2 rings (SSSR count). The van der Waals surface area contributed by atoms with Crippen LogP contribution in [0.3, 0.4) is 0 Å². The second-order valence-electron chi connectivity index (χ2n) is 4.96. The Bertz CT molecular complexity index is 544. The van der Waals surface area contributed by atoms with Crippen molar-refractivity contribution >= 4 is 0 Å². The van der Waals surface area contributed by atoms with Gasteiger partial charge in [-0.2, -0.15) is 4.98 Å². The van der Waals surface area contributed by atoms with Gasteiger partial charge in [-0.3, -0.25) is 4.98 Å². The van der Waals surface area contributed by atoms with E-state index in [2.05, 4.69) is 34.3 Å². The van der Waals surface area contributed by atoms with Crippen LogP contribution in [0.1, 0.15) is 37.0 Å². The van der Waals surface area contributed by atoms with E-state index in [-0.39, 0.29) is 12.0 Å². The largest absolute Gasteiger partial charge is 0.339 e. The molecule has 0 aliphatic rings. The first-order valence-corrected chi connectivity index (χ1v) is 6.47. The molecule has 2 aromatic rings. The number of pyridine rings is 1. The SMILES string of the molecule is CNC(C)C(C)c1nc(-c2cc(C)nc(C)c2)no1. The summed E-state index contributed by atoms with van der Waals surface area (Å²) in [6, 6.07) is 4.22. The molecule has 0 saturated heterocycles. The molecular formula is C14H20N4O. The molecule has 5 heteroatoms. The molecule has 0 fully saturated rings. The van der Waals surface area contributed by atoms with E-state index >= 15 is 0 Å². The van der Waals surface area contributed by atoms with Crippen LogP contribution >= 0.6 is 0 Å². The zero-order valence-electron chi connectivity index (χ0n) is 12.1. The first-order chi connectivity index (χ1) is 9.01. The summed E-state index contributed by atoms with van der Waals surface area (Å²) in [6.07, 6.45) is 0. The van der Waals surface area contributed by atoms with Gasteiger partial charge in [0.25, 0.3) is 0 Å². The fraction of sp³-hybridized carbons (Fsp3) is 0.500. The Hall–Kier alpha value is -1.75. The van der Waals surface area contributed by atoms with Gasteiger partial charge in [0.2, 0.25) is 11.7 Å². The van der Waals surface area contributed by atoms with Crippen molar-refractivity contribution in [3.63, 3.8) is 0 Å². The highest BCUT2D eigenvalue weighted by Gasteiger charge is 2.20. The van der Waals surface area contributed by atoms with Gasteiger partial charge >= 0.3 is 0 Å². The van der Waals surface area contributed by atoms with E-state index in [0.717, 1.165) is 17.0 Å². The summed E-state index contributed by atoms with van der Waals surface area (Å²) < 4.78 is 5.36. The third kappa shape index (κ3) is 2.98. The zero-order chi connectivity index (χ0) is 14.0. The van der Waals surface area contributed by atoms with E-state index in [1.165, 1.54) is 0 Å². The van der Waals surface area contributed by atoms with Crippen molar-refractivity contribution in [2.75, 3.05) is 7.05 Å². The van der Waals surface area contributed by atoms with Crippen molar-refractivity contribution in [3.05, 3.63) is 29.4 Å². The topological polar surface area (TPSA) is 63.8 Å². The average Bonchev–Trinajstić information content (AvgIpc) is 2.85. The number of aromatic nitrogens is 3. The second-order valence-corrected chi connectivity index (χ2v) is 4.96. The third-order valence-electron chi connectivity index (χ3n) is 3.38. The molecule has 0 spiro atoms. The highest BCUT2D eigenvalue weighted by molar-refractivity contribution is 5.55. The maximum absolute atomic E-state index is 5.36. The van der Waals surface area contributed by atoms with Crippen molar-refractivity contribution in [3.8, 4) is 11.4 Å². The maximum Gasteiger partial charge on any atom is 0.231 e. The van der Waals surface area contributed by atoms with Crippen LogP contribution in [0.2, 0.25) is 0 Å². The molecule has 2 unspecified atom stereocenters. The second kappa shape index (κ2) is 5.48. The molecule has 2 atom stereocenters. The Labute approximate surface area is 113 Å². The predicted octanol–water partition coefficient (Wildman–Crippen LogP) is 2.46. The van der Waals surface area contributed by atoms with Crippen molar-refractivity contribution in [1.29, 1.82) is 0 Å². The van der Waals surface area contributed by atoms with Gasteiger partial charge in [-0.15, -0.1) is 0 Å². The van der Waals surface area contributed by atoms with Crippen LogP contribution in [0.15, 0.2) is 16.7 Å². The van der Waals surface area contributed by atoms with E-state index < -0.39 is 0 Å². The summed E-state index contributed by atoms with van der Waals surface area (Å²) in [5.74, 6) is 1.46. The fourth-order valence-corrected chi connectivity index (χ4v) is 1.96. The summed E-state index contributed by atoms with van der Waals surface area (Å²) >= 11 is 0. The smallest absolute Gasteiger partial charge is 0.231 e. The third-order valence-corrected chi connectivity index (χ3v) is 3.38. The van der Waals surface area contributed by atoms with Crippen molar-refractivity contribution < 1.29 is 4.52 Å². The highest BCUT2D eigenvalue weighted by Crippen LogP contribution is 2.22. The number of aryl methyl sites for hydroxylation is 2. The number of rotatable bonds is 4. The van der Waals surface area contributed by atoms with E-state index in [1.807, 2.05) is 33.0 Å². The number of hydrogen-bond donors (Lipinski definition) is 1. The number of hydrogen-bond acceptors (Lipinski definition) is 5. The maximum atomic E-state index is 5.36. The van der Waals surface area contributed by atoms with Gasteiger partial charge in [0.15, 0.2) is 0 Å². The molecule has 2 aromatic heterocycles. The normalized spacial score (nSPS) is 14.4. The van der Waals surface area contributed by atoms with Gasteiger partial charge in [-0.05, 0) is 40.0 Å². The minimum Gasteiger partial charge on any atom is -0.339 e. The Balaban J connectivity index is 2.30. The van der Waals surface area contributed by atoms with Crippen LogP contribution in [-0.2, 0) is 0 Å². The van der Waals surface area contributed by atoms with Crippen LogP contribution in [0.25, 0.3) is 11.4 Å². The van der Waals surface area contributed by atoms with Crippen LogP contribution in [0.5, 0.6) is 0 Å². The molecule has 5 nitrogen and oxygen atoms in total. The minimum atomic E-state index is 0.176. The van der Waals surface area contributed by atoms with Crippen LogP contribution in [0, 0.1) is 13.8 Å². The van der Waals surface area contributed by atoms with Crippen LogP contribution < -0.4 is 5.32 Å². The number of nitrogens with one attached hydrogen (secondary N) is 1. The number of nitrogens with zero attached hydrogens (tertiary/aromatic N) is 3. The Morgan fingerprint density at radius 3 is 2.32 bits per heavy atom. The molecule has 0 aromatic carbocycles. The van der Waals surface area contributed by atoms with E-state index in [4.69, 9.17) is 4.52 Å². The molecule has 19 heavy (non-hydrogen) atoms. The van der Waals surface area contributed by atoms with Gasteiger partial charge < -0.3 is 9.84 Å². The average molecular weight is 260 g/mol. The molecule has 0 aliphatic carbocycles. The van der Waals surface area contributed by atoms with Gasteiger partial charge in [0.1, 0.15) is 0 Å². The van der Waals surface area contributed by atoms with Crippen molar-refractivity contribution in [1.82, 2.24) is 20.4 Å². The Kier molecular flexibility index (Phi) is 3.95. The Morgan fingerprint density at radius 1 is 1.11 bits per heavy atom.